The van der Waals surface area contributed by atoms with Gasteiger partial charge in [-0.05, 0) is 50.1 Å². The second-order valence-corrected chi connectivity index (χ2v) is 7.33. The second kappa shape index (κ2) is 5.73. The molecule has 2 unspecified atom stereocenters. The van der Waals surface area contributed by atoms with E-state index >= 15 is 0 Å². The van der Waals surface area contributed by atoms with Crippen LogP contribution in [-0.2, 0) is 0 Å². The highest BCUT2D eigenvalue weighted by molar-refractivity contribution is 5.95. The molecule has 8 heteroatoms. The molecule has 0 radical (unpaired) electrons. The third kappa shape index (κ3) is 2.47. The van der Waals surface area contributed by atoms with Crippen molar-refractivity contribution in [3.05, 3.63) is 53.1 Å². The number of benzene rings is 1. The first-order valence-corrected chi connectivity index (χ1v) is 9.04. The highest BCUT2D eigenvalue weighted by atomic mass is 19.1. The Morgan fingerprint density at radius 1 is 1.11 bits per heavy atom. The third-order valence-electron chi connectivity index (χ3n) is 5.58. The van der Waals surface area contributed by atoms with Crippen LogP contribution in [-0.4, -0.2) is 55.8 Å². The number of carbonyl (C=O) groups is 1. The molecular weight excluding hydrogens is 347 g/mol. The monoisotopic (exact) mass is 366 g/mol. The van der Waals surface area contributed by atoms with Crippen LogP contribution in [0.4, 0.5) is 10.2 Å². The van der Waals surface area contributed by atoms with Crippen LogP contribution >= 0.6 is 0 Å². The molecule has 0 N–H and O–H groups in total. The Bertz CT molecular complexity index is 1050. The predicted octanol–water partition coefficient (Wildman–Crippen LogP) is 1.98. The number of halogens is 1. The van der Waals surface area contributed by atoms with Crippen LogP contribution in [0.5, 0.6) is 0 Å². The Morgan fingerprint density at radius 2 is 1.89 bits per heavy atom. The number of fused-ring (bicyclic) bond motifs is 3. The molecule has 0 aliphatic carbocycles. The van der Waals surface area contributed by atoms with Gasteiger partial charge in [-0.3, -0.25) is 4.79 Å². The summed E-state index contributed by atoms with van der Waals surface area (Å²) in [7, 11) is 0. The van der Waals surface area contributed by atoms with Crippen molar-refractivity contribution >= 4 is 17.4 Å². The normalized spacial score (nSPS) is 21.4. The van der Waals surface area contributed by atoms with Gasteiger partial charge in [0.1, 0.15) is 11.6 Å². The third-order valence-corrected chi connectivity index (χ3v) is 5.58. The number of aromatic nitrogens is 4. The van der Waals surface area contributed by atoms with Gasteiger partial charge in [-0.1, -0.05) is 6.07 Å². The largest absolute Gasteiger partial charge is 0.351 e. The van der Waals surface area contributed by atoms with E-state index < -0.39 is 0 Å². The highest BCUT2D eigenvalue weighted by Gasteiger charge is 2.47. The van der Waals surface area contributed by atoms with Crippen molar-refractivity contribution < 1.29 is 9.18 Å². The van der Waals surface area contributed by atoms with Gasteiger partial charge in [-0.15, -0.1) is 15.3 Å². The average Bonchev–Trinajstić information content (AvgIpc) is 3.04. The van der Waals surface area contributed by atoms with E-state index in [9.17, 15) is 9.18 Å². The number of piperidine rings is 1. The second-order valence-electron chi connectivity index (χ2n) is 7.33. The molecule has 3 aromatic rings. The first-order chi connectivity index (χ1) is 13.0. The molecule has 6 rings (SSSR count). The quantitative estimate of drug-likeness (QED) is 0.694. The summed E-state index contributed by atoms with van der Waals surface area (Å²) in [5.41, 5.74) is 1.69. The lowest BCUT2D eigenvalue weighted by Crippen LogP contribution is -2.70. The SMILES string of the molecule is Cc1ccc(C(=O)N2C3CC2CN(c2ccc4nnc(C)n4n2)C3)cc1F. The Morgan fingerprint density at radius 3 is 2.63 bits per heavy atom. The molecule has 138 valence electrons. The van der Waals surface area contributed by atoms with Crippen molar-refractivity contribution in [2.24, 2.45) is 0 Å². The molecule has 3 aliphatic heterocycles. The maximum Gasteiger partial charge on any atom is 0.254 e. The van der Waals surface area contributed by atoms with Gasteiger partial charge in [-0.2, -0.15) is 4.52 Å². The molecule has 3 aliphatic rings. The minimum atomic E-state index is -0.338. The molecule has 3 saturated heterocycles. The lowest BCUT2D eigenvalue weighted by atomic mass is 9.86. The fraction of sp³-hybridized carbons (Fsp3) is 0.368. The van der Waals surface area contributed by atoms with Gasteiger partial charge in [0.25, 0.3) is 5.91 Å². The first-order valence-electron chi connectivity index (χ1n) is 9.04. The van der Waals surface area contributed by atoms with E-state index in [0.717, 1.165) is 36.8 Å². The molecule has 2 aromatic heterocycles. The Labute approximate surface area is 155 Å². The molecule has 0 saturated carbocycles. The van der Waals surface area contributed by atoms with E-state index in [1.807, 2.05) is 24.0 Å². The van der Waals surface area contributed by atoms with Crippen molar-refractivity contribution in [3.8, 4) is 0 Å². The van der Waals surface area contributed by atoms with Crippen LogP contribution in [0.2, 0.25) is 0 Å². The standard InChI is InChI=1S/C19H19FN6O/c1-11-3-4-13(7-16(11)20)19(27)25-14-8-15(25)10-24(9-14)18-6-5-17-22-21-12(2)26(17)23-18/h3-7,14-15H,8-10H2,1-2H3. The fourth-order valence-electron chi connectivity index (χ4n) is 4.06. The number of nitrogens with zero attached hydrogens (tertiary/aromatic N) is 6. The summed E-state index contributed by atoms with van der Waals surface area (Å²) < 4.78 is 15.6. The first kappa shape index (κ1) is 16.2. The van der Waals surface area contributed by atoms with Crippen molar-refractivity contribution in [1.29, 1.82) is 0 Å². The number of amides is 1. The number of rotatable bonds is 2. The van der Waals surface area contributed by atoms with Crippen LogP contribution in [0.15, 0.2) is 30.3 Å². The molecule has 3 fully saturated rings. The van der Waals surface area contributed by atoms with Crippen LogP contribution < -0.4 is 4.90 Å². The summed E-state index contributed by atoms with van der Waals surface area (Å²) in [6.07, 6.45) is 0.977. The summed E-state index contributed by atoms with van der Waals surface area (Å²) >= 11 is 0. The van der Waals surface area contributed by atoms with E-state index in [-0.39, 0.29) is 23.8 Å². The molecular formula is C19H19FN6O. The zero-order chi connectivity index (χ0) is 18.7. The number of carbonyl (C=O) groups excluding carboxylic acids is 1. The predicted molar refractivity (Wildman–Crippen MR) is 97.2 cm³/mol. The van der Waals surface area contributed by atoms with Gasteiger partial charge in [0.2, 0.25) is 0 Å². The minimum absolute atomic E-state index is 0.0899. The highest BCUT2D eigenvalue weighted by Crippen LogP contribution is 2.35. The number of piperazine rings is 1. The van der Waals surface area contributed by atoms with Crippen molar-refractivity contribution in [2.45, 2.75) is 32.4 Å². The maximum absolute atomic E-state index is 13.8. The van der Waals surface area contributed by atoms with Gasteiger partial charge in [0.05, 0.1) is 12.1 Å². The van der Waals surface area contributed by atoms with Gasteiger partial charge in [0.15, 0.2) is 11.5 Å². The van der Waals surface area contributed by atoms with Gasteiger partial charge in [0, 0.05) is 18.7 Å². The molecule has 27 heavy (non-hydrogen) atoms. The number of aryl methyl sites for hydroxylation is 2. The van der Waals surface area contributed by atoms with Crippen molar-refractivity contribution in [3.63, 3.8) is 0 Å². The zero-order valence-corrected chi connectivity index (χ0v) is 15.1. The molecule has 7 nitrogen and oxygen atoms in total. The summed E-state index contributed by atoms with van der Waals surface area (Å²) in [6, 6.07) is 8.80. The van der Waals surface area contributed by atoms with Crippen LogP contribution in [0.1, 0.15) is 28.2 Å². The van der Waals surface area contributed by atoms with Gasteiger partial charge < -0.3 is 9.80 Å². The molecule has 2 bridgehead atoms. The number of hydrogen-bond donors (Lipinski definition) is 0. The average molecular weight is 366 g/mol. The van der Waals surface area contributed by atoms with Crippen LogP contribution in [0.25, 0.3) is 5.65 Å². The lowest BCUT2D eigenvalue weighted by molar-refractivity contribution is 0.00569. The Hall–Kier alpha value is -3.03. The summed E-state index contributed by atoms with van der Waals surface area (Å²) in [4.78, 5) is 16.9. The Balaban J connectivity index is 1.36. The van der Waals surface area contributed by atoms with Crippen LogP contribution in [0.3, 0.4) is 0 Å². The van der Waals surface area contributed by atoms with Gasteiger partial charge in [-0.25, -0.2) is 4.39 Å². The van der Waals surface area contributed by atoms with Crippen LogP contribution in [0, 0.1) is 19.7 Å². The van der Waals surface area contributed by atoms with Gasteiger partial charge >= 0.3 is 0 Å². The smallest absolute Gasteiger partial charge is 0.254 e. The Kier molecular flexibility index (Phi) is 3.43. The molecule has 5 heterocycles. The van der Waals surface area contributed by atoms with Crippen molar-refractivity contribution in [1.82, 2.24) is 24.7 Å². The van der Waals surface area contributed by atoms with Crippen molar-refractivity contribution in [2.75, 3.05) is 18.0 Å². The topological polar surface area (TPSA) is 66.6 Å². The summed E-state index contributed by atoms with van der Waals surface area (Å²) in [6.45, 7) is 5.00. The molecule has 1 amide bonds. The number of anilines is 1. The minimum Gasteiger partial charge on any atom is -0.351 e. The summed E-state index contributed by atoms with van der Waals surface area (Å²) in [5.74, 6) is 1.17. The fourth-order valence-corrected chi connectivity index (χ4v) is 4.06. The number of hydrogen-bond acceptors (Lipinski definition) is 5. The zero-order valence-electron chi connectivity index (χ0n) is 15.1. The maximum atomic E-state index is 13.8. The van der Waals surface area contributed by atoms with E-state index in [4.69, 9.17) is 0 Å². The summed E-state index contributed by atoms with van der Waals surface area (Å²) in [5, 5.41) is 12.7. The lowest BCUT2D eigenvalue weighted by Gasteiger charge is -2.56. The van der Waals surface area contributed by atoms with E-state index in [1.54, 1.807) is 23.6 Å². The van der Waals surface area contributed by atoms with E-state index in [2.05, 4.69) is 20.2 Å². The molecule has 2 atom stereocenters. The molecule has 1 aromatic carbocycles. The van der Waals surface area contributed by atoms with E-state index in [1.165, 1.54) is 6.07 Å². The van der Waals surface area contributed by atoms with E-state index in [0.29, 0.717) is 11.1 Å². The molecule has 0 spiro atoms.